The van der Waals surface area contributed by atoms with Gasteiger partial charge in [0, 0.05) is 26.3 Å². The van der Waals surface area contributed by atoms with Crippen molar-refractivity contribution in [3.8, 4) is 0 Å². The average molecular weight is 175 g/mol. The number of nitrogens with one attached hydrogen (secondary N) is 1. The first-order chi connectivity index (χ1) is 5.61. The van der Waals surface area contributed by atoms with Crippen molar-refractivity contribution in [2.45, 2.75) is 32.9 Å². The van der Waals surface area contributed by atoms with Crippen LogP contribution in [0.15, 0.2) is 0 Å². The van der Waals surface area contributed by atoms with Crippen LogP contribution in [0.3, 0.4) is 0 Å². The third kappa shape index (κ3) is 4.70. The summed E-state index contributed by atoms with van der Waals surface area (Å²) in [6.45, 7) is 7.20. The standard InChI is InChI=1S/C9H21NO2/c1-7(6-11)5-10-8(2)9(3)12-4/h7-11H,5-6H2,1-4H3. The normalized spacial score (nSPS) is 18.8. The summed E-state index contributed by atoms with van der Waals surface area (Å²) in [5.41, 5.74) is 0. The Bertz CT molecular complexity index is 109. The van der Waals surface area contributed by atoms with E-state index in [1.54, 1.807) is 7.11 Å². The average Bonchev–Trinajstić information content (AvgIpc) is 2.11. The highest BCUT2D eigenvalue weighted by Gasteiger charge is 2.10. The molecule has 0 bridgehead atoms. The number of aliphatic hydroxyl groups is 1. The van der Waals surface area contributed by atoms with Gasteiger partial charge in [0.1, 0.15) is 0 Å². The van der Waals surface area contributed by atoms with Crippen molar-refractivity contribution in [1.29, 1.82) is 0 Å². The van der Waals surface area contributed by atoms with Gasteiger partial charge in [-0.05, 0) is 19.8 Å². The van der Waals surface area contributed by atoms with Crippen molar-refractivity contribution in [3.63, 3.8) is 0 Å². The van der Waals surface area contributed by atoms with Crippen LogP contribution in [0.5, 0.6) is 0 Å². The minimum Gasteiger partial charge on any atom is -0.396 e. The summed E-state index contributed by atoms with van der Waals surface area (Å²) in [7, 11) is 1.71. The van der Waals surface area contributed by atoms with E-state index in [0.29, 0.717) is 12.0 Å². The summed E-state index contributed by atoms with van der Waals surface area (Å²) in [6.07, 6.45) is 0.218. The maximum atomic E-state index is 8.77. The zero-order valence-electron chi connectivity index (χ0n) is 8.50. The van der Waals surface area contributed by atoms with E-state index in [0.717, 1.165) is 6.54 Å². The molecule has 0 aromatic heterocycles. The van der Waals surface area contributed by atoms with Crippen molar-refractivity contribution in [1.82, 2.24) is 5.32 Å². The number of hydrogen-bond acceptors (Lipinski definition) is 3. The van der Waals surface area contributed by atoms with Gasteiger partial charge >= 0.3 is 0 Å². The molecule has 3 nitrogen and oxygen atoms in total. The molecule has 0 aliphatic carbocycles. The van der Waals surface area contributed by atoms with E-state index in [9.17, 15) is 0 Å². The fourth-order valence-electron chi connectivity index (χ4n) is 0.822. The molecule has 0 saturated heterocycles. The molecule has 0 saturated carbocycles. The van der Waals surface area contributed by atoms with Crippen LogP contribution in [0.2, 0.25) is 0 Å². The van der Waals surface area contributed by atoms with E-state index < -0.39 is 0 Å². The minimum absolute atomic E-state index is 0.218. The smallest absolute Gasteiger partial charge is 0.0693 e. The molecule has 0 spiro atoms. The number of hydrogen-bond donors (Lipinski definition) is 2. The Balaban J connectivity index is 3.49. The maximum absolute atomic E-state index is 8.77. The van der Waals surface area contributed by atoms with E-state index in [1.807, 2.05) is 13.8 Å². The minimum atomic E-state index is 0.218. The lowest BCUT2D eigenvalue weighted by Gasteiger charge is -2.21. The third-order valence-electron chi connectivity index (χ3n) is 2.18. The molecule has 0 fully saturated rings. The van der Waals surface area contributed by atoms with Crippen LogP contribution in [-0.4, -0.2) is 37.5 Å². The maximum Gasteiger partial charge on any atom is 0.0693 e. The van der Waals surface area contributed by atoms with Crippen LogP contribution in [0.4, 0.5) is 0 Å². The van der Waals surface area contributed by atoms with Crippen LogP contribution in [-0.2, 0) is 4.74 Å². The van der Waals surface area contributed by atoms with E-state index in [-0.39, 0.29) is 12.7 Å². The van der Waals surface area contributed by atoms with Crippen LogP contribution in [0.25, 0.3) is 0 Å². The SMILES string of the molecule is COC(C)C(C)NCC(C)CO. The summed E-state index contributed by atoms with van der Waals surface area (Å²) < 4.78 is 5.15. The zero-order chi connectivity index (χ0) is 9.56. The second-order valence-electron chi connectivity index (χ2n) is 3.43. The Morgan fingerprint density at radius 2 is 1.92 bits per heavy atom. The molecule has 2 N–H and O–H groups in total. The lowest BCUT2D eigenvalue weighted by molar-refractivity contribution is 0.0859. The Morgan fingerprint density at radius 1 is 1.33 bits per heavy atom. The molecule has 0 heterocycles. The number of rotatable bonds is 6. The molecule has 3 unspecified atom stereocenters. The molecule has 74 valence electrons. The van der Waals surface area contributed by atoms with Gasteiger partial charge in [-0.3, -0.25) is 0 Å². The van der Waals surface area contributed by atoms with Gasteiger partial charge in [0.2, 0.25) is 0 Å². The lowest BCUT2D eigenvalue weighted by Crippen LogP contribution is -2.39. The van der Waals surface area contributed by atoms with E-state index in [1.165, 1.54) is 0 Å². The van der Waals surface area contributed by atoms with Crippen molar-refractivity contribution in [2.24, 2.45) is 5.92 Å². The van der Waals surface area contributed by atoms with Crippen molar-refractivity contribution in [3.05, 3.63) is 0 Å². The molecule has 3 heteroatoms. The molecule has 0 aromatic rings. The molecule has 0 amide bonds. The summed E-state index contributed by atoms with van der Waals surface area (Å²) in [5.74, 6) is 0.316. The highest BCUT2D eigenvalue weighted by Crippen LogP contribution is 1.97. The summed E-state index contributed by atoms with van der Waals surface area (Å²) >= 11 is 0. The van der Waals surface area contributed by atoms with E-state index in [4.69, 9.17) is 9.84 Å². The number of methoxy groups -OCH3 is 1. The van der Waals surface area contributed by atoms with Gasteiger partial charge in [-0.15, -0.1) is 0 Å². The molecular formula is C9H21NO2. The molecule has 0 rings (SSSR count). The molecule has 3 atom stereocenters. The first kappa shape index (κ1) is 11.9. The summed E-state index contributed by atoms with van der Waals surface area (Å²) in [4.78, 5) is 0. The fourth-order valence-corrected chi connectivity index (χ4v) is 0.822. The molecular weight excluding hydrogens is 154 g/mol. The highest BCUT2D eigenvalue weighted by atomic mass is 16.5. The number of aliphatic hydroxyl groups excluding tert-OH is 1. The number of ether oxygens (including phenoxy) is 1. The van der Waals surface area contributed by atoms with Gasteiger partial charge in [0.15, 0.2) is 0 Å². The van der Waals surface area contributed by atoms with Gasteiger partial charge in [-0.25, -0.2) is 0 Å². The third-order valence-corrected chi connectivity index (χ3v) is 2.18. The molecule has 0 aliphatic heterocycles. The Morgan fingerprint density at radius 3 is 2.33 bits per heavy atom. The van der Waals surface area contributed by atoms with Crippen LogP contribution < -0.4 is 5.32 Å². The fraction of sp³-hybridized carbons (Fsp3) is 1.00. The van der Waals surface area contributed by atoms with Crippen LogP contribution in [0.1, 0.15) is 20.8 Å². The topological polar surface area (TPSA) is 41.5 Å². The molecule has 0 aromatic carbocycles. The second kappa shape index (κ2) is 6.40. The molecule has 12 heavy (non-hydrogen) atoms. The Kier molecular flexibility index (Phi) is 6.34. The van der Waals surface area contributed by atoms with Gasteiger partial charge in [-0.2, -0.15) is 0 Å². The Labute approximate surface area is 75.1 Å². The molecule has 0 aliphatic rings. The Hall–Kier alpha value is -0.120. The van der Waals surface area contributed by atoms with Crippen LogP contribution >= 0.6 is 0 Å². The lowest BCUT2D eigenvalue weighted by atomic mass is 10.1. The van der Waals surface area contributed by atoms with Gasteiger partial charge in [0.05, 0.1) is 6.10 Å². The molecule has 0 radical (unpaired) electrons. The van der Waals surface area contributed by atoms with Gasteiger partial charge in [-0.1, -0.05) is 6.92 Å². The van der Waals surface area contributed by atoms with Crippen molar-refractivity contribution < 1.29 is 9.84 Å². The van der Waals surface area contributed by atoms with Crippen molar-refractivity contribution >= 4 is 0 Å². The first-order valence-corrected chi connectivity index (χ1v) is 4.48. The van der Waals surface area contributed by atoms with Crippen molar-refractivity contribution in [2.75, 3.05) is 20.3 Å². The zero-order valence-corrected chi connectivity index (χ0v) is 8.50. The monoisotopic (exact) mass is 175 g/mol. The van der Waals surface area contributed by atoms with Gasteiger partial charge < -0.3 is 15.2 Å². The predicted octanol–water partition coefficient (Wildman–Crippen LogP) is 0.628. The second-order valence-corrected chi connectivity index (χ2v) is 3.43. The van der Waals surface area contributed by atoms with Crippen LogP contribution in [0, 0.1) is 5.92 Å². The predicted molar refractivity (Wildman–Crippen MR) is 50.2 cm³/mol. The van der Waals surface area contributed by atoms with Gasteiger partial charge in [0.25, 0.3) is 0 Å². The quantitative estimate of drug-likeness (QED) is 0.622. The summed E-state index contributed by atoms with van der Waals surface area (Å²) in [5, 5.41) is 12.1. The highest BCUT2D eigenvalue weighted by molar-refractivity contribution is 4.69. The van der Waals surface area contributed by atoms with E-state index >= 15 is 0 Å². The largest absolute Gasteiger partial charge is 0.396 e. The summed E-state index contributed by atoms with van der Waals surface area (Å²) in [6, 6.07) is 0.337. The van der Waals surface area contributed by atoms with E-state index in [2.05, 4.69) is 12.2 Å². The first-order valence-electron chi connectivity index (χ1n) is 4.48.